The molecule has 0 saturated carbocycles. The van der Waals surface area contributed by atoms with Gasteiger partial charge in [-0.1, -0.05) is 0 Å². The third kappa shape index (κ3) is 4.15. The molecule has 0 saturated heterocycles. The molecular formula is C13H15F2N3O2S. The van der Waals surface area contributed by atoms with E-state index < -0.39 is 24.9 Å². The van der Waals surface area contributed by atoms with Gasteiger partial charge in [0.05, 0.1) is 18.8 Å². The SMILES string of the molecule is NCC(F)(F)CNC(=O)c1ccc2c(c1)NC(=O)CCS2. The lowest BCUT2D eigenvalue weighted by atomic mass is 10.1. The van der Waals surface area contributed by atoms with E-state index in [9.17, 15) is 18.4 Å². The first kappa shape index (κ1) is 15.7. The van der Waals surface area contributed by atoms with E-state index in [-0.39, 0.29) is 11.5 Å². The Morgan fingerprint density at radius 2 is 2.24 bits per heavy atom. The zero-order chi connectivity index (χ0) is 15.5. The Bertz CT molecular complexity index is 566. The molecule has 0 bridgehead atoms. The lowest BCUT2D eigenvalue weighted by Crippen LogP contribution is -2.41. The average Bonchev–Trinajstić information content (AvgIpc) is 2.64. The Hall–Kier alpha value is -1.67. The van der Waals surface area contributed by atoms with Crippen molar-refractivity contribution in [1.29, 1.82) is 0 Å². The van der Waals surface area contributed by atoms with Crippen molar-refractivity contribution >= 4 is 29.3 Å². The van der Waals surface area contributed by atoms with Gasteiger partial charge in [0, 0.05) is 22.6 Å². The van der Waals surface area contributed by atoms with E-state index in [1.165, 1.54) is 17.8 Å². The molecule has 114 valence electrons. The Morgan fingerprint density at radius 3 is 2.95 bits per heavy atom. The van der Waals surface area contributed by atoms with Gasteiger partial charge in [0.15, 0.2) is 0 Å². The van der Waals surface area contributed by atoms with Gasteiger partial charge in [0.25, 0.3) is 11.8 Å². The summed E-state index contributed by atoms with van der Waals surface area (Å²) < 4.78 is 26.0. The number of hydrogen-bond donors (Lipinski definition) is 3. The fraction of sp³-hybridized carbons (Fsp3) is 0.385. The number of fused-ring (bicyclic) bond motifs is 1. The number of halogens is 2. The number of carbonyl (C=O) groups excluding carboxylic acids is 2. The van der Waals surface area contributed by atoms with Gasteiger partial charge in [-0.2, -0.15) is 0 Å². The van der Waals surface area contributed by atoms with Crippen LogP contribution in [0.5, 0.6) is 0 Å². The lowest BCUT2D eigenvalue weighted by Gasteiger charge is -2.15. The van der Waals surface area contributed by atoms with Crippen LogP contribution >= 0.6 is 11.8 Å². The Balaban J connectivity index is 2.10. The topological polar surface area (TPSA) is 84.2 Å². The van der Waals surface area contributed by atoms with Crippen molar-refractivity contribution in [2.75, 3.05) is 24.2 Å². The Labute approximate surface area is 124 Å². The maximum Gasteiger partial charge on any atom is 0.277 e. The van der Waals surface area contributed by atoms with Gasteiger partial charge in [-0.3, -0.25) is 9.59 Å². The van der Waals surface area contributed by atoms with Crippen molar-refractivity contribution in [1.82, 2.24) is 5.32 Å². The third-order valence-corrected chi connectivity index (χ3v) is 3.98. The number of nitrogens with one attached hydrogen (secondary N) is 2. The molecule has 0 unspecified atom stereocenters. The molecule has 8 heteroatoms. The highest BCUT2D eigenvalue weighted by Gasteiger charge is 2.27. The molecule has 0 aliphatic carbocycles. The molecule has 0 aromatic heterocycles. The standard InChI is InChI=1S/C13H15F2N3O2S/c14-13(15,6-16)7-17-12(20)8-1-2-10-9(5-8)18-11(19)3-4-21-10/h1-2,5H,3-4,6-7,16H2,(H,17,20)(H,18,19). The molecule has 1 aliphatic heterocycles. The quantitative estimate of drug-likeness (QED) is 0.785. The zero-order valence-corrected chi connectivity index (χ0v) is 11.9. The van der Waals surface area contributed by atoms with Gasteiger partial charge in [0.1, 0.15) is 0 Å². The molecule has 2 amide bonds. The Morgan fingerprint density at radius 1 is 1.48 bits per heavy atom. The second-order valence-corrected chi connectivity index (χ2v) is 5.74. The van der Waals surface area contributed by atoms with Gasteiger partial charge in [-0.25, -0.2) is 8.78 Å². The molecule has 0 fully saturated rings. The number of nitrogens with two attached hydrogens (primary N) is 1. The van der Waals surface area contributed by atoms with Gasteiger partial charge in [-0.15, -0.1) is 11.8 Å². The molecule has 1 aromatic carbocycles. The summed E-state index contributed by atoms with van der Waals surface area (Å²) in [6.45, 7) is -1.65. The summed E-state index contributed by atoms with van der Waals surface area (Å²) in [5.41, 5.74) is 5.64. The fourth-order valence-corrected chi connectivity index (χ4v) is 2.68. The van der Waals surface area contributed by atoms with Crippen molar-refractivity contribution in [3.8, 4) is 0 Å². The van der Waals surface area contributed by atoms with Crippen molar-refractivity contribution in [2.45, 2.75) is 17.2 Å². The van der Waals surface area contributed by atoms with E-state index in [4.69, 9.17) is 5.73 Å². The summed E-state index contributed by atoms with van der Waals surface area (Å²) in [6, 6.07) is 4.72. The number of benzene rings is 1. The van der Waals surface area contributed by atoms with Crippen LogP contribution < -0.4 is 16.4 Å². The van der Waals surface area contributed by atoms with Crippen LogP contribution in [0.15, 0.2) is 23.1 Å². The molecule has 2 rings (SSSR count). The van der Waals surface area contributed by atoms with Crippen molar-refractivity contribution in [2.24, 2.45) is 5.73 Å². The predicted molar refractivity (Wildman–Crippen MR) is 76.7 cm³/mol. The minimum Gasteiger partial charge on any atom is -0.346 e. The average molecular weight is 315 g/mol. The van der Waals surface area contributed by atoms with Crippen molar-refractivity contribution < 1.29 is 18.4 Å². The highest BCUT2D eigenvalue weighted by molar-refractivity contribution is 7.99. The van der Waals surface area contributed by atoms with Crippen LogP contribution in [-0.2, 0) is 4.79 Å². The first-order chi connectivity index (χ1) is 9.91. The number of alkyl halides is 2. The summed E-state index contributed by atoms with van der Waals surface area (Å²) in [5.74, 6) is -3.23. The summed E-state index contributed by atoms with van der Waals surface area (Å²) >= 11 is 1.50. The smallest absolute Gasteiger partial charge is 0.277 e. The monoisotopic (exact) mass is 315 g/mol. The van der Waals surface area contributed by atoms with E-state index >= 15 is 0 Å². The van der Waals surface area contributed by atoms with Crippen LogP contribution in [0.1, 0.15) is 16.8 Å². The first-order valence-electron chi connectivity index (χ1n) is 6.34. The molecule has 5 nitrogen and oxygen atoms in total. The molecule has 1 aromatic rings. The van der Waals surface area contributed by atoms with E-state index in [1.54, 1.807) is 12.1 Å². The summed E-state index contributed by atoms with van der Waals surface area (Å²) in [4.78, 5) is 24.2. The second kappa shape index (κ2) is 6.40. The lowest BCUT2D eigenvalue weighted by molar-refractivity contribution is -0.115. The van der Waals surface area contributed by atoms with Crippen LogP contribution in [0.4, 0.5) is 14.5 Å². The number of amides is 2. The largest absolute Gasteiger partial charge is 0.346 e. The number of anilines is 1. The first-order valence-corrected chi connectivity index (χ1v) is 7.33. The maximum atomic E-state index is 13.0. The van der Waals surface area contributed by atoms with Crippen LogP contribution in [0.25, 0.3) is 0 Å². The third-order valence-electron chi connectivity index (χ3n) is 2.91. The van der Waals surface area contributed by atoms with Crippen LogP contribution in [0.2, 0.25) is 0 Å². The summed E-state index contributed by atoms with van der Waals surface area (Å²) in [5, 5.41) is 4.83. The number of thioether (sulfide) groups is 1. The van der Waals surface area contributed by atoms with Crippen molar-refractivity contribution in [3.63, 3.8) is 0 Å². The normalized spacial score (nSPS) is 14.9. The number of hydrogen-bond acceptors (Lipinski definition) is 4. The Kier molecular flexibility index (Phi) is 4.79. The van der Waals surface area contributed by atoms with Crippen LogP contribution in [-0.4, -0.2) is 36.6 Å². The second-order valence-electron chi connectivity index (χ2n) is 4.60. The molecule has 0 spiro atoms. The van der Waals surface area contributed by atoms with Gasteiger partial charge in [0.2, 0.25) is 5.91 Å². The van der Waals surface area contributed by atoms with E-state index in [2.05, 4.69) is 10.6 Å². The zero-order valence-electron chi connectivity index (χ0n) is 11.1. The van der Waals surface area contributed by atoms with Crippen molar-refractivity contribution in [3.05, 3.63) is 23.8 Å². The molecule has 4 N–H and O–H groups in total. The van der Waals surface area contributed by atoms with Gasteiger partial charge >= 0.3 is 0 Å². The minimum absolute atomic E-state index is 0.131. The summed E-state index contributed by atoms with van der Waals surface area (Å²) in [7, 11) is 0. The maximum absolute atomic E-state index is 13.0. The number of carbonyl (C=O) groups is 2. The highest BCUT2D eigenvalue weighted by atomic mass is 32.2. The van der Waals surface area contributed by atoms with Crippen LogP contribution in [0.3, 0.4) is 0 Å². The fourth-order valence-electron chi connectivity index (χ4n) is 1.74. The molecule has 1 aliphatic rings. The molecule has 1 heterocycles. The van der Waals surface area contributed by atoms with Crippen LogP contribution in [0, 0.1) is 0 Å². The predicted octanol–water partition coefficient (Wildman–Crippen LogP) is 1.44. The molecule has 0 radical (unpaired) electrons. The van der Waals surface area contributed by atoms with Gasteiger partial charge < -0.3 is 16.4 Å². The molecule has 21 heavy (non-hydrogen) atoms. The van der Waals surface area contributed by atoms with Gasteiger partial charge in [-0.05, 0) is 18.2 Å². The van der Waals surface area contributed by atoms with E-state index in [1.807, 2.05) is 0 Å². The van der Waals surface area contributed by atoms with E-state index in [0.717, 1.165) is 4.90 Å². The minimum atomic E-state index is -3.13. The summed E-state index contributed by atoms with van der Waals surface area (Å²) in [6.07, 6.45) is 0.392. The molecular weight excluding hydrogens is 300 g/mol. The van der Waals surface area contributed by atoms with E-state index in [0.29, 0.717) is 17.9 Å². The number of rotatable bonds is 4. The molecule has 0 atom stereocenters. The highest BCUT2D eigenvalue weighted by Crippen LogP contribution is 2.31.